The molecule has 1 atom stereocenters. The van der Waals surface area contributed by atoms with Gasteiger partial charge in [0.1, 0.15) is 6.33 Å². The molecule has 60 valence electrons. The zero-order valence-corrected chi connectivity index (χ0v) is 6.49. The topological polar surface area (TPSA) is 77.8 Å². The molecule has 0 spiro atoms. The molecule has 4 N–H and O–H groups in total. The van der Waals surface area contributed by atoms with Crippen LogP contribution in [-0.4, -0.2) is 16.5 Å². The van der Waals surface area contributed by atoms with E-state index < -0.39 is 0 Å². The Morgan fingerprint density at radius 3 is 2.82 bits per heavy atom. The van der Waals surface area contributed by atoms with Gasteiger partial charge in [-0.1, -0.05) is 0 Å². The summed E-state index contributed by atoms with van der Waals surface area (Å²) in [5.41, 5.74) is 12.7. The van der Waals surface area contributed by atoms with Crippen LogP contribution in [0.4, 0.5) is 0 Å². The average molecular weight is 152 g/mol. The summed E-state index contributed by atoms with van der Waals surface area (Å²) in [6, 6.07) is 1.68. The van der Waals surface area contributed by atoms with Crippen LogP contribution in [0.3, 0.4) is 0 Å². The van der Waals surface area contributed by atoms with E-state index in [-0.39, 0.29) is 6.04 Å². The summed E-state index contributed by atoms with van der Waals surface area (Å²) in [6.45, 7) is 2.31. The standard InChI is InChI=1S/C7H12N4/c1-5-2-7(6(9)3-8)11-4-10-5/h2,4,6H,3,8-9H2,1H3. The van der Waals surface area contributed by atoms with Crippen molar-refractivity contribution < 1.29 is 0 Å². The molecule has 0 aromatic carbocycles. The Bertz CT molecular complexity index is 236. The van der Waals surface area contributed by atoms with Crippen molar-refractivity contribution in [3.63, 3.8) is 0 Å². The summed E-state index contributed by atoms with van der Waals surface area (Å²) in [7, 11) is 0. The second kappa shape index (κ2) is 3.41. The van der Waals surface area contributed by atoms with Gasteiger partial charge in [0.2, 0.25) is 0 Å². The highest BCUT2D eigenvalue weighted by Crippen LogP contribution is 2.04. The van der Waals surface area contributed by atoms with Crippen LogP contribution in [0.5, 0.6) is 0 Å². The highest BCUT2D eigenvalue weighted by Gasteiger charge is 2.03. The number of nitrogens with two attached hydrogens (primary N) is 2. The molecule has 0 aliphatic carbocycles. The predicted molar refractivity (Wildman–Crippen MR) is 42.8 cm³/mol. The number of hydrogen-bond donors (Lipinski definition) is 2. The Morgan fingerprint density at radius 2 is 2.27 bits per heavy atom. The molecule has 1 unspecified atom stereocenters. The second-order valence-corrected chi connectivity index (χ2v) is 2.43. The first-order valence-electron chi connectivity index (χ1n) is 3.48. The highest BCUT2D eigenvalue weighted by molar-refractivity contribution is 5.10. The molecule has 1 aromatic heterocycles. The van der Waals surface area contributed by atoms with Gasteiger partial charge in [-0.15, -0.1) is 0 Å². The summed E-state index contributed by atoms with van der Waals surface area (Å²) >= 11 is 0. The molecule has 1 heterocycles. The van der Waals surface area contributed by atoms with Gasteiger partial charge in [0.25, 0.3) is 0 Å². The van der Waals surface area contributed by atoms with Crippen molar-refractivity contribution in [1.29, 1.82) is 0 Å². The summed E-state index contributed by atoms with van der Waals surface area (Å²) in [4.78, 5) is 7.94. The lowest BCUT2D eigenvalue weighted by Gasteiger charge is -2.06. The SMILES string of the molecule is Cc1cc(C(N)CN)ncn1. The molecule has 0 fully saturated rings. The summed E-state index contributed by atoms with van der Waals surface area (Å²) in [5.74, 6) is 0. The van der Waals surface area contributed by atoms with E-state index in [4.69, 9.17) is 11.5 Å². The summed E-state index contributed by atoms with van der Waals surface area (Å²) in [5, 5.41) is 0. The fourth-order valence-electron chi connectivity index (χ4n) is 0.799. The average Bonchev–Trinajstić information content (AvgIpc) is 2.03. The van der Waals surface area contributed by atoms with E-state index in [0.29, 0.717) is 6.54 Å². The molecular weight excluding hydrogens is 140 g/mol. The van der Waals surface area contributed by atoms with Gasteiger partial charge in [0, 0.05) is 12.2 Å². The minimum absolute atomic E-state index is 0.170. The molecule has 4 nitrogen and oxygen atoms in total. The van der Waals surface area contributed by atoms with Crippen molar-refractivity contribution >= 4 is 0 Å². The van der Waals surface area contributed by atoms with Crippen molar-refractivity contribution in [3.05, 3.63) is 23.8 Å². The molecule has 4 heteroatoms. The zero-order valence-electron chi connectivity index (χ0n) is 6.49. The van der Waals surface area contributed by atoms with E-state index in [1.165, 1.54) is 6.33 Å². The van der Waals surface area contributed by atoms with Crippen LogP contribution in [0, 0.1) is 6.92 Å². The molecule has 1 rings (SSSR count). The minimum atomic E-state index is -0.170. The number of nitrogens with zero attached hydrogens (tertiary/aromatic N) is 2. The van der Waals surface area contributed by atoms with Gasteiger partial charge < -0.3 is 11.5 Å². The highest BCUT2D eigenvalue weighted by atomic mass is 14.9. The maximum atomic E-state index is 5.65. The molecular formula is C7H12N4. The predicted octanol–water partition coefficient (Wildman–Crippen LogP) is -0.256. The molecule has 0 bridgehead atoms. The van der Waals surface area contributed by atoms with Gasteiger partial charge in [-0.25, -0.2) is 9.97 Å². The molecule has 0 aliphatic heterocycles. The number of rotatable bonds is 2. The van der Waals surface area contributed by atoms with Crippen LogP contribution >= 0.6 is 0 Å². The van der Waals surface area contributed by atoms with Gasteiger partial charge in [0.15, 0.2) is 0 Å². The Labute approximate surface area is 65.6 Å². The fourth-order valence-corrected chi connectivity index (χ4v) is 0.799. The molecule has 0 radical (unpaired) electrons. The first-order valence-corrected chi connectivity index (χ1v) is 3.48. The maximum absolute atomic E-state index is 5.65. The van der Waals surface area contributed by atoms with Crippen molar-refractivity contribution in [2.24, 2.45) is 11.5 Å². The lowest BCUT2D eigenvalue weighted by Crippen LogP contribution is -2.21. The molecule has 0 amide bonds. The van der Waals surface area contributed by atoms with Gasteiger partial charge in [0.05, 0.1) is 11.7 Å². The van der Waals surface area contributed by atoms with E-state index >= 15 is 0 Å². The van der Waals surface area contributed by atoms with Crippen LogP contribution in [0.1, 0.15) is 17.4 Å². The van der Waals surface area contributed by atoms with E-state index in [0.717, 1.165) is 11.4 Å². The quantitative estimate of drug-likeness (QED) is 0.612. The monoisotopic (exact) mass is 152 g/mol. The molecule has 0 aliphatic rings. The Balaban J connectivity index is 2.86. The molecule has 1 aromatic rings. The molecule has 11 heavy (non-hydrogen) atoms. The first-order chi connectivity index (χ1) is 5.24. The van der Waals surface area contributed by atoms with Crippen molar-refractivity contribution in [1.82, 2.24) is 9.97 Å². The largest absolute Gasteiger partial charge is 0.329 e. The van der Waals surface area contributed by atoms with E-state index in [1.54, 1.807) is 0 Å². The third-order valence-corrected chi connectivity index (χ3v) is 1.46. The fraction of sp³-hybridized carbons (Fsp3) is 0.429. The van der Waals surface area contributed by atoms with Crippen molar-refractivity contribution in [3.8, 4) is 0 Å². The van der Waals surface area contributed by atoms with Crippen LogP contribution in [0.25, 0.3) is 0 Å². The zero-order chi connectivity index (χ0) is 8.27. The first kappa shape index (κ1) is 8.10. The normalized spacial score (nSPS) is 13.0. The van der Waals surface area contributed by atoms with Crippen LogP contribution < -0.4 is 11.5 Å². The number of aryl methyl sites for hydroxylation is 1. The molecule has 0 saturated heterocycles. The Morgan fingerprint density at radius 1 is 1.55 bits per heavy atom. The van der Waals surface area contributed by atoms with Crippen molar-refractivity contribution in [2.75, 3.05) is 6.54 Å². The smallest absolute Gasteiger partial charge is 0.115 e. The van der Waals surface area contributed by atoms with Crippen molar-refractivity contribution in [2.45, 2.75) is 13.0 Å². The van der Waals surface area contributed by atoms with E-state index in [2.05, 4.69) is 9.97 Å². The second-order valence-electron chi connectivity index (χ2n) is 2.43. The third kappa shape index (κ3) is 1.96. The number of hydrogen-bond acceptors (Lipinski definition) is 4. The van der Waals surface area contributed by atoms with E-state index in [9.17, 15) is 0 Å². The van der Waals surface area contributed by atoms with Gasteiger partial charge in [-0.05, 0) is 13.0 Å². The minimum Gasteiger partial charge on any atom is -0.329 e. The Kier molecular flexibility index (Phi) is 2.51. The lowest BCUT2D eigenvalue weighted by molar-refractivity contribution is 0.705. The van der Waals surface area contributed by atoms with Gasteiger partial charge in [-0.3, -0.25) is 0 Å². The third-order valence-electron chi connectivity index (χ3n) is 1.46. The van der Waals surface area contributed by atoms with Gasteiger partial charge in [-0.2, -0.15) is 0 Å². The van der Waals surface area contributed by atoms with Gasteiger partial charge >= 0.3 is 0 Å². The summed E-state index contributed by atoms with van der Waals surface area (Å²) < 4.78 is 0. The summed E-state index contributed by atoms with van der Waals surface area (Å²) in [6.07, 6.45) is 1.50. The maximum Gasteiger partial charge on any atom is 0.115 e. The number of aromatic nitrogens is 2. The molecule has 0 saturated carbocycles. The van der Waals surface area contributed by atoms with E-state index in [1.807, 2.05) is 13.0 Å². The van der Waals surface area contributed by atoms with Crippen LogP contribution in [0.2, 0.25) is 0 Å². The Hall–Kier alpha value is -1.00. The van der Waals surface area contributed by atoms with Crippen LogP contribution in [-0.2, 0) is 0 Å². The van der Waals surface area contributed by atoms with Crippen LogP contribution in [0.15, 0.2) is 12.4 Å². The lowest BCUT2D eigenvalue weighted by atomic mass is 10.2.